The predicted octanol–water partition coefficient (Wildman–Crippen LogP) is 2.67. The van der Waals surface area contributed by atoms with Gasteiger partial charge >= 0.3 is 0 Å². The van der Waals surface area contributed by atoms with Crippen LogP contribution in [-0.2, 0) is 0 Å². The van der Waals surface area contributed by atoms with Gasteiger partial charge in [0.2, 0.25) is 0 Å². The number of pyridine rings is 1. The van der Waals surface area contributed by atoms with Crippen LogP contribution in [0.25, 0.3) is 6.08 Å². The highest BCUT2D eigenvalue weighted by Gasteiger charge is 2.09. The largest absolute Gasteiger partial charge is 0.508 e. The molecule has 0 saturated heterocycles. The van der Waals surface area contributed by atoms with E-state index >= 15 is 0 Å². The number of rotatable bonds is 2. The standard InChI is InChI=1S/C13H17NO2/c15-12-8-11(14-13(16)9-12)7-6-10-4-2-1-3-5-10/h6-10H,1-5H2,(H2,14,15,16)/b7-6+. The Morgan fingerprint density at radius 3 is 2.69 bits per heavy atom. The molecule has 0 bridgehead atoms. The van der Waals surface area contributed by atoms with Crippen molar-refractivity contribution in [2.45, 2.75) is 32.1 Å². The molecule has 2 rings (SSSR count). The molecule has 1 aromatic rings. The quantitative estimate of drug-likeness (QED) is 0.803. The van der Waals surface area contributed by atoms with Gasteiger partial charge in [-0.3, -0.25) is 4.79 Å². The molecule has 1 aromatic heterocycles. The van der Waals surface area contributed by atoms with E-state index in [-0.39, 0.29) is 11.3 Å². The Kier molecular flexibility index (Phi) is 3.44. The fraction of sp³-hybridized carbons (Fsp3) is 0.462. The normalized spacial score (nSPS) is 18.0. The molecule has 1 fully saturated rings. The zero-order valence-corrected chi connectivity index (χ0v) is 9.28. The highest BCUT2D eigenvalue weighted by molar-refractivity contribution is 5.46. The minimum atomic E-state index is -0.261. The summed E-state index contributed by atoms with van der Waals surface area (Å²) >= 11 is 0. The Labute approximate surface area is 94.8 Å². The van der Waals surface area contributed by atoms with Gasteiger partial charge in [-0.05, 0) is 24.8 Å². The van der Waals surface area contributed by atoms with Gasteiger partial charge in [0.1, 0.15) is 5.75 Å². The van der Waals surface area contributed by atoms with E-state index in [0.29, 0.717) is 11.6 Å². The van der Waals surface area contributed by atoms with E-state index in [0.717, 1.165) is 0 Å². The van der Waals surface area contributed by atoms with Gasteiger partial charge in [-0.25, -0.2) is 0 Å². The average Bonchev–Trinajstić information content (AvgIpc) is 2.27. The third kappa shape index (κ3) is 2.99. The lowest BCUT2D eigenvalue weighted by Crippen LogP contribution is -2.05. The molecule has 0 unspecified atom stereocenters. The van der Waals surface area contributed by atoms with E-state index in [1.807, 2.05) is 6.08 Å². The summed E-state index contributed by atoms with van der Waals surface area (Å²) in [5.41, 5.74) is 0.416. The van der Waals surface area contributed by atoms with Crippen LogP contribution in [0.5, 0.6) is 5.75 Å². The summed E-state index contributed by atoms with van der Waals surface area (Å²) in [5.74, 6) is 0.645. The lowest BCUT2D eigenvalue weighted by Gasteiger charge is -2.17. The molecule has 86 valence electrons. The topological polar surface area (TPSA) is 53.1 Å². The van der Waals surface area contributed by atoms with Crippen LogP contribution in [0.4, 0.5) is 0 Å². The number of allylic oxidation sites excluding steroid dienone is 1. The maximum Gasteiger partial charge on any atom is 0.252 e. The fourth-order valence-corrected chi connectivity index (χ4v) is 2.21. The van der Waals surface area contributed by atoms with Crippen molar-refractivity contribution >= 4 is 6.08 Å². The average molecular weight is 219 g/mol. The second-order valence-corrected chi connectivity index (χ2v) is 4.42. The second kappa shape index (κ2) is 5.01. The van der Waals surface area contributed by atoms with Gasteiger partial charge in [-0.1, -0.05) is 25.3 Å². The van der Waals surface area contributed by atoms with Crippen LogP contribution in [0.15, 0.2) is 23.0 Å². The molecule has 3 nitrogen and oxygen atoms in total. The molecule has 1 heterocycles. The first kappa shape index (κ1) is 11.0. The van der Waals surface area contributed by atoms with E-state index in [9.17, 15) is 9.90 Å². The predicted molar refractivity (Wildman–Crippen MR) is 64.3 cm³/mol. The van der Waals surface area contributed by atoms with Gasteiger partial charge in [0.25, 0.3) is 5.56 Å². The monoisotopic (exact) mass is 219 g/mol. The van der Waals surface area contributed by atoms with E-state index in [4.69, 9.17) is 0 Å². The number of H-pyrrole nitrogens is 1. The molecule has 1 aliphatic rings. The highest BCUT2D eigenvalue weighted by Crippen LogP contribution is 2.25. The molecular weight excluding hydrogens is 202 g/mol. The molecule has 16 heavy (non-hydrogen) atoms. The maximum atomic E-state index is 11.1. The minimum Gasteiger partial charge on any atom is -0.508 e. The van der Waals surface area contributed by atoms with Crippen LogP contribution >= 0.6 is 0 Å². The Morgan fingerprint density at radius 2 is 2.00 bits per heavy atom. The molecule has 1 saturated carbocycles. The van der Waals surface area contributed by atoms with Crippen molar-refractivity contribution in [2.75, 3.05) is 0 Å². The molecule has 0 aliphatic heterocycles. The van der Waals surface area contributed by atoms with Gasteiger partial charge in [0, 0.05) is 17.8 Å². The van der Waals surface area contributed by atoms with Gasteiger partial charge in [0.05, 0.1) is 0 Å². The van der Waals surface area contributed by atoms with Crippen molar-refractivity contribution in [3.8, 4) is 5.75 Å². The Hall–Kier alpha value is -1.51. The van der Waals surface area contributed by atoms with Crippen molar-refractivity contribution in [2.24, 2.45) is 5.92 Å². The van der Waals surface area contributed by atoms with Crippen LogP contribution in [0.3, 0.4) is 0 Å². The summed E-state index contributed by atoms with van der Waals surface area (Å²) in [5, 5.41) is 9.28. The number of nitrogens with one attached hydrogen (secondary N) is 1. The maximum absolute atomic E-state index is 11.1. The second-order valence-electron chi connectivity index (χ2n) is 4.42. The lowest BCUT2D eigenvalue weighted by atomic mass is 9.89. The highest BCUT2D eigenvalue weighted by atomic mass is 16.3. The van der Waals surface area contributed by atoms with Crippen molar-refractivity contribution in [3.63, 3.8) is 0 Å². The molecule has 3 heteroatoms. The number of hydrogen-bond donors (Lipinski definition) is 2. The molecule has 0 atom stereocenters. The Bertz CT molecular complexity index is 428. The molecule has 1 aliphatic carbocycles. The summed E-state index contributed by atoms with van der Waals surface area (Å²) in [7, 11) is 0. The molecule has 0 amide bonds. The van der Waals surface area contributed by atoms with Gasteiger partial charge in [-0.15, -0.1) is 0 Å². The Balaban J connectivity index is 2.07. The molecule has 0 aromatic carbocycles. The van der Waals surface area contributed by atoms with Crippen LogP contribution in [0.1, 0.15) is 37.8 Å². The molecule has 0 spiro atoms. The van der Waals surface area contributed by atoms with E-state index in [1.54, 1.807) is 6.07 Å². The third-order valence-electron chi connectivity index (χ3n) is 3.05. The number of aromatic amines is 1. The molecular formula is C13H17NO2. The van der Waals surface area contributed by atoms with Crippen LogP contribution in [-0.4, -0.2) is 10.1 Å². The van der Waals surface area contributed by atoms with E-state index in [2.05, 4.69) is 11.1 Å². The first-order valence-electron chi connectivity index (χ1n) is 5.85. The molecule has 0 radical (unpaired) electrons. The zero-order valence-electron chi connectivity index (χ0n) is 9.28. The fourth-order valence-electron chi connectivity index (χ4n) is 2.21. The van der Waals surface area contributed by atoms with Gasteiger partial charge < -0.3 is 10.1 Å². The number of hydrogen-bond acceptors (Lipinski definition) is 2. The summed E-state index contributed by atoms with van der Waals surface area (Å²) in [6.45, 7) is 0. The smallest absolute Gasteiger partial charge is 0.252 e. The van der Waals surface area contributed by atoms with Crippen molar-refractivity contribution < 1.29 is 5.11 Å². The Morgan fingerprint density at radius 1 is 1.25 bits per heavy atom. The number of aromatic nitrogens is 1. The van der Waals surface area contributed by atoms with Crippen molar-refractivity contribution in [1.82, 2.24) is 4.98 Å². The third-order valence-corrected chi connectivity index (χ3v) is 3.05. The van der Waals surface area contributed by atoms with E-state index < -0.39 is 0 Å². The van der Waals surface area contributed by atoms with Crippen LogP contribution in [0.2, 0.25) is 0 Å². The summed E-state index contributed by atoms with van der Waals surface area (Å²) in [6.07, 6.45) is 10.4. The van der Waals surface area contributed by atoms with Crippen LogP contribution < -0.4 is 5.56 Å². The SMILES string of the molecule is O=c1cc(O)cc(/C=C/C2CCCCC2)[nH]1. The van der Waals surface area contributed by atoms with Crippen molar-refractivity contribution in [1.29, 1.82) is 0 Å². The van der Waals surface area contributed by atoms with Crippen LogP contribution in [0, 0.1) is 5.92 Å². The number of aromatic hydroxyl groups is 1. The summed E-state index contributed by atoms with van der Waals surface area (Å²) in [4.78, 5) is 13.8. The minimum absolute atomic E-state index is 0.0204. The van der Waals surface area contributed by atoms with Gasteiger partial charge in [-0.2, -0.15) is 0 Å². The zero-order chi connectivity index (χ0) is 11.4. The first-order valence-corrected chi connectivity index (χ1v) is 5.85. The lowest BCUT2D eigenvalue weighted by molar-refractivity contribution is 0.420. The first-order chi connectivity index (χ1) is 7.74. The van der Waals surface area contributed by atoms with E-state index in [1.165, 1.54) is 38.2 Å². The summed E-state index contributed by atoms with van der Waals surface area (Å²) < 4.78 is 0. The van der Waals surface area contributed by atoms with Crippen molar-refractivity contribution in [3.05, 3.63) is 34.3 Å². The van der Waals surface area contributed by atoms with Gasteiger partial charge in [0.15, 0.2) is 0 Å². The molecule has 2 N–H and O–H groups in total. The summed E-state index contributed by atoms with van der Waals surface area (Å²) in [6, 6.07) is 2.75.